The minimum atomic E-state index is -2.67. The second kappa shape index (κ2) is 7.17. The number of aryl methyl sites for hydroxylation is 1. The number of aromatic nitrogens is 2. The van der Waals surface area contributed by atoms with Crippen molar-refractivity contribution in [1.82, 2.24) is 14.9 Å². The molecule has 0 spiro atoms. The average Bonchev–Trinajstić information content (AvgIpc) is 2.61. The molecule has 2 saturated heterocycles. The Hall–Kier alpha value is -1.86. The van der Waals surface area contributed by atoms with Crippen LogP contribution in [0, 0.1) is 11.7 Å². The molecule has 0 aromatic carbocycles. The van der Waals surface area contributed by atoms with Crippen LogP contribution in [0.1, 0.15) is 38.3 Å². The molecular formula is C17H23F3N4O. The first kappa shape index (κ1) is 17.9. The van der Waals surface area contributed by atoms with Crippen molar-refractivity contribution in [3.05, 3.63) is 17.8 Å². The SMILES string of the molecule is CCc1ncnc(N2CCCC(C(=O)N3CCC(F)(F)CC3)C2)c1F. The fourth-order valence-electron chi connectivity index (χ4n) is 3.55. The van der Waals surface area contributed by atoms with E-state index in [1.165, 1.54) is 11.2 Å². The van der Waals surface area contributed by atoms with Crippen molar-refractivity contribution >= 4 is 11.7 Å². The van der Waals surface area contributed by atoms with Crippen molar-refractivity contribution in [2.45, 2.75) is 45.0 Å². The van der Waals surface area contributed by atoms with Crippen molar-refractivity contribution in [3.8, 4) is 0 Å². The highest BCUT2D eigenvalue weighted by atomic mass is 19.3. The molecular weight excluding hydrogens is 333 g/mol. The van der Waals surface area contributed by atoms with Gasteiger partial charge in [-0.2, -0.15) is 0 Å². The van der Waals surface area contributed by atoms with Crippen molar-refractivity contribution < 1.29 is 18.0 Å². The smallest absolute Gasteiger partial charge is 0.251 e. The lowest BCUT2D eigenvalue weighted by Crippen LogP contribution is -2.49. The molecule has 1 aromatic heterocycles. The number of halogens is 3. The van der Waals surface area contributed by atoms with E-state index >= 15 is 0 Å². The molecule has 1 unspecified atom stereocenters. The number of hydrogen-bond donors (Lipinski definition) is 0. The summed E-state index contributed by atoms with van der Waals surface area (Å²) >= 11 is 0. The van der Waals surface area contributed by atoms with Crippen LogP contribution in [0.25, 0.3) is 0 Å². The first-order valence-corrected chi connectivity index (χ1v) is 8.82. The van der Waals surface area contributed by atoms with Gasteiger partial charge >= 0.3 is 0 Å². The van der Waals surface area contributed by atoms with Gasteiger partial charge in [-0.25, -0.2) is 23.1 Å². The number of rotatable bonds is 3. The van der Waals surface area contributed by atoms with Gasteiger partial charge in [-0.15, -0.1) is 0 Å². The predicted molar refractivity (Wildman–Crippen MR) is 87.1 cm³/mol. The largest absolute Gasteiger partial charge is 0.353 e. The molecule has 0 radical (unpaired) electrons. The highest BCUT2D eigenvalue weighted by molar-refractivity contribution is 5.80. The van der Waals surface area contributed by atoms with Gasteiger partial charge in [0.15, 0.2) is 11.6 Å². The number of nitrogens with zero attached hydrogens (tertiary/aromatic N) is 4. The highest BCUT2D eigenvalue weighted by Crippen LogP contribution is 2.30. The molecule has 138 valence electrons. The lowest BCUT2D eigenvalue weighted by molar-refractivity contribution is -0.141. The summed E-state index contributed by atoms with van der Waals surface area (Å²) in [5.41, 5.74) is 0.358. The second-order valence-electron chi connectivity index (χ2n) is 6.78. The number of carbonyl (C=O) groups is 1. The third-order valence-electron chi connectivity index (χ3n) is 5.05. The molecule has 0 saturated carbocycles. The molecule has 1 atom stereocenters. The van der Waals surface area contributed by atoms with Gasteiger partial charge in [-0.1, -0.05) is 6.92 Å². The Bertz CT molecular complexity index is 630. The molecule has 1 amide bonds. The Kier molecular flexibility index (Phi) is 5.15. The number of anilines is 1. The zero-order valence-corrected chi connectivity index (χ0v) is 14.3. The third-order valence-corrected chi connectivity index (χ3v) is 5.05. The van der Waals surface area contributed by atoms with E-state index in [9.17, 15) is 18.0 Å². The Morgan fingerprint density at radius 2 is 2.00 bits per heavy atom. The van der Waals surface area contributed by atoms with Gasteiger partial charge in [0.25, 0.3) is 5.92 Å². The minimum Gasteiger partial charge on any atom is -0.353 e. The second-order valence-corrected chi connectivity index (χ2v) is 6.78. The van der Waals surface area contributed by atoms with E-state index in [4.69, 9.17) is 0 Å². The number of likely N-dealkylation sites (tertiary alicyclic amines) is 1. The lowest BCUT2D eigenvalue weighted by Gasteiger charge is -2.38. The molecule has 5 nitrogen and oxygen atoms in total. The van der Waals surface area contributed by atoms with Crippen LogP contribution in [-0.4, -0.2) is 52.9 Å². The minimum absolute atomic E-state index is 0.0875. The van der Waals surface area contributed by atoms with Gasteiger partial charge < -0.3 is 9.80 Å². The van der Waals surface area contributed by atoms with Gasteiger partial charge in [0.1, 0.15) is 6.33 Å². The Balaban J connectivity index is 1.68. The maximum atomic E-state index is 14.5. The van der Waals surface area contributed by atoms with Crippen molar-refractivity contribution in [2.24, 2.45) is 5.92 Å². The van der Waals surface area contributed by atoms with Crippen molar-refractivity contribution in [3.63, 3.8) is 0 Å². The number of hydrogen-bond acceptors (Lipinski definition) is 4. The fourth-order valence-corrected chi connectivity index (χ4v) is 3.55. The zero-order chi connectivity index (χ0) is 18.0. The normalized spacial score (nSPS) is 23.6. The molecule has 3 heterocycles. The number of alkyl halides is 2. The number of carbonyl (C=O) groups excluding carboxylic acids is 1. The van der Waals surface area contributed by atoms with Gasteiger partial charge in [0.05, 0.1) is 11.6 Å². The first-order chi connectivity index (χ1) is 11.9. The molecule has 0 N–H and O–H groups in total. The Labute approximate surface area is 145 Å². The predicted octanol–water partition coefficient (Wildman–Crippen LogP) is 2.65. The van der Waals surface area contributed by atoms with Gasteiger partial charge in [-0.05, 0) is 19.3 Å². The number of piperidine rings is 2. The van der Waals surface area contributed by atoms with Gasteiger partial charge in [-0.3, -0.25) is 4.79 Å². The standard InChI is InChI=1S/C17H23F3N4O/c1-2-13-14(18)15(22-11-21-13)24-7-3-4-12(10-24)16(25)23-8-5-17(19,20)6-9-23/h11-12H,2-10H2,1H3. The lowest BCUT2D eigenvalue weighted by atomic mass is 9.95. The molecule has 2 aliphatic heterocycles. The molecule has 0 aliphatic carbocycles. The van der Waals surface area contributed by atoms with E-state index in [0.29, 0.717) is 31.6 Å². The maximum Gasteiger partial charge on any atom is 0.251 e. The van der Waals surface area contributed by atoms with Crippen LogP contribution in [0.15, 0.2) is 6.33 Å². The average molecular weight is 356 g/mol. The van der Waals surface area contributed by atoms with E-state index in [1.807, 2.05) is 6.92 Å². The molecule has 25 heavy (non-hydrogen) atoms. The van der Waals surface area contributed by atoms with Crippen LogP contribution < -0.4 is 4.90 Å². The molecule has 3 rings (SSSR count). The summed E-state index contributed by atoms with van der Waals surface area (Å²) in [6.07, 6.45) is 2.68. The Morgan fingerprint density at radius 3 is 2.68 bits per heavy atom. The van der Waals surface area contributed by atoms with Crippen LogP contribution in [0.4, 0.5) is 19.0 Å². The molecule has 1 aromatic rings. The van der Waals surface area contributed by atoms with E-state index in [2.05, 4.69) is 9.97 Å². The molecule has 8 heteroatoms. The van der Waals surface area contributed by atoms with Crippen LogP contribution in [0.5, 0.6) is 0 Å². The summed E-state index contributed by atoms with van der Waals surface area (Å²) < 4.78 is 41.0. The highest BCUT2D eigenvalue weighted by Gasteiger charge is 2.38. The van der Waals surface area contributed by atoms with E-state index < -0.39 is 11.7 Å². The summed E-state index contributed by atoms with van der Waals surface area (Å²) in [5, 5.41) is 0. The summed E-state index contributed by atoms with van der Waals surface area (Å²) in [5.74, 6) is -3.29. The third kappa shape index (κ3) is 3.88. The van der Waals surface area contributed by atoms with Gasteiger partial charge in [0, 0.05) is 39.0 Å². The summed E-state index contributed by atoms with van der Waals surface area (Å²) in [4.78, 5) is 24.0. The van der Waals surface area contributed by atoms with E-state index in [-0.39, 0.29) is 43.6 Å². The zero-order valence-electron chi connectivity index (χ0n) is 14.3. The summed E-state index contributed by atoms with van der Waals surface area (Å²) in [7, 11) is 0. The van der Waals surface area contributed by atoms with E-state index in [1.54, 1.807) is 4.90 Å². The maximum absolute atomic E-state index is 14.5. The van der Waals surface area contributed by atoms with Gasteiger partial charge in [0.2, 0.25) is 5.91 Å². The Morgan fingerprint density at radius 1 is 1.28 bits per heavy atom. The quantitative estimate of drug-likeness (QED) is 0.836. The molecule has 2 fully saturated rings. The van der Waals surface area contributed by atoms with Crippen LogP contribution in [0.2, 0.25) is 0 Å². The summed E-state index contributed by atoms with van der Waals surface area (Å²) in [6.45, 7) is 2.99. The van der Waals surface area contributed by atoms with Crippen LogP contribution >= 0.6 is 0 Å². The van der Waals surface area contributed by atoms with Crippen molar-refractivity contribution in [1.29, 1.82) is 0 Å². The first-order valence-electron chi connectivity index (χ1n) is 8.82. The monoisotopic (exact) mass is 356 g/mol. The van der Waals surface area contributed by atoms with Crippen LogP contribution in [-0.2, 0) is 11.2 Å². The number of amides is 1. The molecule has 2 aliphatic rings. The topological polar surface area (TPSA) is 49.3 Å². The fraction of sp³-hybridized carbons (Fsp3) is 0.706. The van der Waals surface area contributed by atoms with Crippen LogP contribution in [0.3, 0.4) is 0 Å². The summed E-state index contributed by atoms with van der Waals surface area (Å²) in [6, 6.07) is 0. The van der Waals surface area contributed by atoms with Crippen molar-refractivity contribution in [2.75, 3.05) is 31.1 Å². The molecule has 0 bridgehead atoms. The van der Waals surface area contributed by atoms with E-state index in [0.717, 1.165) is 6.42 Å².